The van der Waals surface area contributed by atoms with Crippen LogP contribution in [0.3, 0.4) is 0 Å². The third-order valence-electron chi connectivity index (χ3n) is 3.09. The van der Waals surface area contributed by atoms with Gasteiger partial charge < -0.3 is 15.2 Å². The number of nitrogens with zero attached hydrogens (tertiary/aromatic N) is 1. The fourth-order valence-corrected chi connectivity index (χ4v) is 1.94. The number of hydrogen-bond acceptors (Lipinski definition) is 5. The molecule has 0 atom stereocenters. The summed E-state index contributed by atoms with van der Waals surface area (Å²) in [5.41, 5.74) is 0.254. The van der Waals surface area contributed by atoms with E-state index in [4.69, 9.17) is 4.74 Å². The monoisotopic (exact) mass is 238 g/mol. The Morgan fingerprint density at radius 1 is 1.59 bits per heavy atom. The molecule has 1 aromatic rings. The number of rotatable bonds is 4. The van der Waals surface area contributed by atoms with E-state index < -0.39 is 4.92 Å². The highest BCUT2D eigenvalue weighted by atomic mass is 16.6. The molecule has 0 spiro atoms. The van der Waals surface area contributed by atoms with Crippen LogP contribution in [0.5, 0.6) is 5.75 Å². The molecule has 6 heteroatoms. The van der Waals surface area contributed by atoms with Crippen LogP contribution >= 0.6 is 0 Å². The lowest BCUT2D eigenvalue weighted by atomic mass is 9.88. The molecule has 1 aliphatic heterocycles. The first-order valence-electron chi connectivity index (χ1n) is 5.28. The third-order valence-corrected chi connectivity index (χ3v) is 3.09. The van der Waals surface area contributed by atoms with Crippen LogP contribution in [0.2, 0.25) is 0 Å². The smallest absolute Gasteiger partial charge is 0.310 e. The zero-order valence-electron chi connectivity index (χ0n) is 9.47. The molecule has 0 saturated carbocycles. The van der Waals surface area contributed by atoms with Gasteiger partial charge in [0.2, 0.25) is 0 Å². The molecular formula is C11H14N2O4. The minimum absolute atomic E-state index is 0.263. The maximum absolute atomic E-state index is 10.7. The first kappa shape index (κ1) is 11.8. The van der Waals surface area contributed by atoms with Crippen molar-refractivity contribution < 1.29 is 14.8 Å². The van der Waals surface area contributed by atoms with Crippen LogP contribution in [0.25, 0.3) is 0 Å². The predicted octanol–water partition coefficient (Wildman–Crippen LogP) is 0.831. The fraction of sp³-hybridized carbons (Fsp3) is 0.455. The Hall–Kier alpha value is -1.66. The van der Waals surface area contributed by atoms with Crippen molar-refractivity contribution >= 4 is 5.69 Å². The van der Waals surface area contributed by atoms with E-state index in [2.05, 4.69) is 5.32 Å². The van der Waals surface area contributed by atoms with Gasteiger partial charge in [0.05, 0.1) is 10.5 Å². The van der Waals surface area contributed by atoms with Crippen molar-refractivity contribution in [2.45, 2.75) is 12.0 Å². The highest BCUT2D eigenvalue weighted by Crippen LogP contribution is 2.29. The zero-order valence-corrected chi connectivity index (χ0v) is 9.47. The molecule has 17 heavy (non-hydrogen) atoms. The predicted molar refractivity (Wildman–Crippen MR) is 61.1 cm³/mol. The van der Waals surface area contributed by atoms with Crippen LogP contribution in [-0.2, 0) is 11.2 Å². The molecule has 1 aliphatic rings. The molecule has 1 fully saturated rings. The maximum atomic E-state index is 10.7. The number of phenols is 1. The van der Waals surface area contributed by atoms with E-state index in [1.807, 2.05) is 0 Å². The molecule has 1 aromatic carbocycles. The summed E-state index contributed by atoms with van der Waals surface area (Å²) in [5, 5.41) is 23.2. The van der Waals surface area contributed by atoms with E-state index in [1.54, 1.807) is 13.2 Å². The molecule has 0 bridgehead atoms. The summed E-state index contributed by atoms with van der Waals surface area (Å²) < 4.78 is 5.41. The Labute approximate surface area is 98.4 Å². The summed E-state index contributed by atoms with van der Waals surface area (Å²) >= 11 is 0. The lowest BCUT2D eigenvalue weighted by Gasteiger charge is -2.41. The van der Waals surface area contributed by atoms with Crippen molar-refractivity contribution in [3.63, 3.8) is 0 Å². The van der Waals surface area contributed by atoms with Gasteiger partial charge in [-0.15, -0.1) is 0 Å². The van der Waals surface area contributed by atoms with Crippen molar-refractivity contribution in [3.8, 4) is 5.75 Å². The molecule has 6 nitrogen and oxygen atoms in total. The molecule has 0 amide bonds. The Morgan fingerprint density at radius 2 is 2.29 bits per heavy atom. The molecule has 0 aromatic heterocycles. The molecule has 2 N–H and O–H groups in total. The van der Waals surface area contributed by atoms with Gasteiger partial charge in [0.15, 0.2) is 5.75 Å². The summed E-state index contributed by atoms with van der Waals surface area (Å²) in [4.78, 5) is 10.1. The SMILES string of the molecule is COC1(Cc2ccc(O)c([N+](=O)[O-])c2)CNC1. The number of ether oxygens (including phenoxy) is 1. The van der Waals surface area contributed by atoms with E-state index in [-0.39, 0.29) is 17.0 Å². The number of hydrogen-bond donors (Lipinski definition) is 2. The van der Waals surface area contributed by atoms with Crippen molar-refractivity contribution in [1.29, 1.82) is 0 Å². The standard InChI is InChI=1S/C11H14N2O4/c1-17-11(6-12-7-11)5-8-2-3-10(14)9(4-8)13(15)16/h2-4,12,14H,5-7H2,1H3. The van der Waals surface area contributed by atoms with Crippen LogP contribution in [0.15, 0.2) is 18.2 Å². The summed E-state index contributed by atoms with van der Waals surface area (Å²) in [6, 6.07) is 4.43. The largest absolute Gasteiger partial charge is 0.502 e. The molecular weight excluding hydrogens is 224 g/mol. The van der Waals surface area contributed by atoms with Crippen LogP contribution in [0.1, 0.15) is 5.56 Å². The second-order valence-electron chi connectivity index (χ2n) is 4.25. The molecule has 2 rings (SSSR count). The molecule has 92 valence electrons. The van der Waals surface area contributed by atoms with Gasteiger partial charge >= 0.3 is 5.69 Å². The number of nitro groups is 1. The average molecular weight is 238 g/mol. The first-order chi connectivity index (χ1) is 8.06. The first-order valence-corrected chi connectivity index (χ1v) is 5.28. The number of aromatic hydroxyl groups is 1. The minimum Gasteiger partial charge on any atom is -0.502 e. The van der Waals surface area contributed by atoms with Crippen LogP contribution in [0.4, 0.5) is 5.69 Å². The van der Waals surface area contributed by atoms with Crippen LogP contribution < -0.4 is 5.32 Å². The molecule has 0 radical (unpaired) electrons. The Bertz CT molecular complexity index is 438. The minimum atomic E-state index is -0.586. The fourth-order valence-electron chi connectivity index (χ4n) is 1.94. The van der Waals surface area contributed by atoms with E-state index in [0.717, 1.165) is 18.7 Å². The van der Waals surface area contributed by atoms with E-state index in [0.29, 0.717) is 6.42 Å². The molecule has 0 unspecified atom stereocenters. The summed E-state index contributed by atoms with van der Waals surface area (Å²) in [5.74, 6) is -0.308. The lowest BCUT2D eigenvalue weighted by molar-refractivity contribution is -0.385. The number of nitro benzene ring substituents is 1. The van der Waals surface area contributed by atoms with Gasteiger partial charge in [-0.2, -0.15) is 0 Å². The highest BCUT2D eigenvalue weighted by Gasteiger charge is 2.37. The van der Waals surface area contributed by atoms with Crippen molar-refractivity contribution in [2.24, 2.45) is 0 Å². The zero-order chi connectivity index (χ0) is 12.5. The van der Waals surface area contributed by atoms with Gasteiger partial charge in [-0.1, -0.05) is 6.07 Å². The van der Waals surface area contributed by atoms with Gasteiger partial charge in [-0.3, -0.25) is 10.1 Å². The maximum Gasteiger partial charge on any atom is 0.310 e. The number of nitrogens with one attached hydrogen (secondary N) is 1. The second kappa shape index (κ2) is 4.31. The van der Waals surface area contributed by atoms with Crippen molar-refractivity contribution in [2.75, 3.05) is 20.2 Å². The van der Waals surface area contributed by atoms with Gasteiger partial charge in [-0.25, -0.2) is 0 Å². The highest BCUT2D eigenvalue weighted by molar-refractivity contribution is 5.48. The van der Waals surface area contributed by atoms with E-state index in [1.165, 1.54) is 12.1 Å². The summed E-state index contributed by atoms with van der Waals surface area (Å²) in [7, 11) is 1.63. The number of benzene rings is 1. The number of methoxy groups -OCH3 is 1. The quantitative estimate of drug-likeness (QED) is 0.599. The van der Waals surface area contributed by atoms with Gasteiger partial charge in [-0.05, 0) is 11.6 Å². The van der Waals surface area contributed by atoms with E-state index in [9.17, 15) is 15.2 Å². The topological polar surface area (TPSA) is 84.6 Å². The van der Waals surface area contributed by atoms with Gasteiger partial charge in [0.25, 0.3) is 0 Å². The van der Waals surface area contributed by atoms with Gasteiger partial charge in [0.1, 0.15) is 0 Å². The second-order valence-corrected chi connectivity index (χ2v) is 4.25. The summed E-state index contributed by atoms with van der Waals surface area (Å²) in [6.45, 7) is 1.47. The molecule has 1 heterocycles. The Balaban J connectivity index is 2.22. The molecule has 0 aliphatic carbocycles. The Kier molecular flexibility index (Phi) is 2.99. The molecule has 1 saturated heterocycles. The van der Waals surface area contributed by atoms with Crippen molar-refractivity contribution in [3.05, 3.63) is 33.9 Å². The number of phenolic OH excluding ortho intramolecular Hbond substituents is 1. The lowest BCUT2D eigenvalue weighted by Crippen LogP contribution is -2.61. The third kappa shape index (κ3) is 2.22. The van der Waals surface area contributed by atoms with Crippen LogP contribution in [0, 0.1) is 10.1 Å². The van der Waals surface area contributed by atoms with Gasteiger partial charge in [0, 0.05) is 32.7 Å². The average Bonchev–Trinajstić information content (AvgIpc) is 2.25. The Morgan fingerprint density at radius 3 is 2.76 bits per heavy atom. The summed E-state index contributed by atoms with van der Waals surface area (Å²) in [6.07, 6.45) is 0.595. The van der Waals surface area contributed by atoms with E-state index >= 15 is 0 Å². The van der Waals surface area contributed by atoms with Crippen LogP contribution in [-0.4, -0.2) is 35.8 Å². The van der Waals surface area contributed by atoms with Crippen molar-refractivity contribution in [1.82, 2.24) is 5.32 Å². The normalized spacial score (nSPS) is 17.5.